The molecule has 196 valence electrons. The Morgan fingerprint density at radius 2 is 1.97 bits per heavy atom. The molecular formula is C28H37N7O2. The number of carbonyl (C=O) groups excluding carboxylic acids is 1. The summed E-state index contributed by atoms with van der Waals surface area (Å²) < 4.78 is 7.75. The second-order valence-corrected chi connectivity index (χ2v) is 10.5. The van der Waals surface area contributed by atoms with Crippen molar-refractivity contribution in [1.29, 1.82) is 0 Å². The highest BCUT2D eigenvalue weighted by Crippen LogP contribution is 2.34. The first kappa shape index (κ1) is 25.2. The molecule has 0 radical (unpaired) electrons. The summed E-state index contributed by atoms with van der Waals surface area (Å²) in [6, 6.07) is 8.52. The SMILES string of the molecule is CC(C)OC1C(C)N(C(=O)NC2CCCCc3cc(-c4ccnc(Nc5cnn(C)c5)n4)ccc32)C1C. The molecule has 9 heteroatoms. The average molecular weight is 504 g/mol. The van der Waals surface area contributed by atoms with Crippen LogP contribution in [0.2, 0.25) is 0 Å². The van der Waals surface area contributed by atoms with Gasteiger partial charge >= 0.3 is 6.03 Å². The number of urea groups is 1. The van der Waals surface area contributed by atoms with Crippen LogP contribution in [0.1, 0.15) is 64.1 Å². The number of aromatic nitrogens is 4. The summed E-state index contributed by atoms with van der Waals surface area (Å²) in [5.74, 6) is 0.531. The lowest BCUT2D eigenvalue weighted by Crippen LogP contribution is -2.70. The van der Waals surface area contributed by atoms with Crippen molar-refractivity contribution >= 4 is 17.7 Å². The minimum Gasteiger partial charge on any atom is -0.371 e. The third-order valence-electron chi connectivity index (χ3n) is 7.41. The Bertz CT molecular complexity index is 1250. The van der Waals surface area contributed by atoms with Crippen LogP contribution in [0.5, 0.6) is 0 Å². The van der Waals surface area contributed by atoms with Crippen LogP contribution in [0, 0.1) is 0 Å². The van der Waals surface area contributed by atoms with E-state index in [1.807, 2.05) is 38.1 Å². The minimum atomic E-state index is -0.00699. The zero-order valence-electron chi connectivity index (χ0n) is 22.3. The van der Waals surface area contributed by atoms with Gasteiger partial charge in [-0.2, -0.15) is 5.10 Å². The van der Waals surface area contributed by atoms with E-state index < -0.39 is 0 Å². The summed E-state index contributed by atoms with van der Waals surface area (Å²) in [6.07, 6.45) is 9.72. The number of likely N-dealkylation sites (tertiary alicyclic amines) is 1. The second kappa shape index (κ2) is 10.5. The van der Waals surface area contributed by atoms with E-state index in [1.165, 1.54) is 11.1 Å². The maximum absolute atomic E-state index is 13.3. The molecule has 2 aromatic heterocycles. The second-order valence-electron chi connectivity index (χ2n) is 10.5. The van der Waals surface area contributed by atoms with Gasteiger partial charge in [-0.3, -0.25) is 4.68 Å². The molecule has 1 aromatic carbocycles. The molecule has 2 amide bonds. The highest BCUT2D eigenvalue weighted by Gasteiger charge is 2.47. The summed E-state index contributed by atoms with van der Waals surface area (Å²) in [5.41, 5.74) is 5.21. The topological polar surface area (TPSA) is 97.2 Å². The number of amides is 2. The van der Waals surface area contributed by atoms with Crippen molar-refractivity contribution in [2.75, 3.05) is 5.32 Å². The molecule has 0 saturated carbocycles. The van der Waals surface area contributed by atoms with Gasteiger partial charge in [-0.25, -0.2) is 14.8 Å². The summed E-state index contributed by atoms with van der Waals surface area (Å²) in [6.45, 7) is 8.22. The van der Waals surface area contributed by atoms with Gasteiger partial charge in [-0.15, -0.1) is 0 Å². The molecule has 3 unspecified atom stereocenters. The number of hydrogen-bond donors (Lipinski definition) is 2. The molecule has 1 saturated heterocycles. The normalized spacial score (nSPS) is 23.2. The van der Waals surface area contributed by atoms with E-state index in [4.69, 9.17) is 9.72 Å². The highest BCUT2D eigenvalue weighted by molar-refractivity contribution is 5.77. The van der Waals surface area contributed by atoms with Gasteiger partial charge in [0.1, 0.15) is 0 Å². The monoisotopic (exact) mass is 503 g/mol. The van der Waals surface area contributed by atoms with Crippen LogP contribution in [0.15, 0.2) is 42.9 Å². The van der Waals surface area contributed by atoms with Gasteiger partial charge in [-0.1, -0.05) is 18.6 Å². The minimum absolute atomic E-state index is 0.00303. The van der Waals surface area contributed by atoms with Crippen molar-refractivity contribution in [3.8, 4) is 11.3 Å². The van der Waals surface area contributed by atoms with Gasteiger partial charge in [0, 0.05) is 25.0 Å². The van der Waals surface area contributed by atoms with Crippen molar-refractivity contribution in [3.05, 3.63) is 54.0 Å². The molecule has 0 spiro atoms. The van der Waals surface area contributed by atoms with Crippen molar-refractivity contribution in [2.24, 2.45) is 7.05 Å². The number of hydrogen-bond acceptors (Lipinski definition) is 6. The van der Waals surface area contributed by atoms with Gasteiger partial charge < -0.3 is 20.3 Å². The van der Waals surface area contributed by atoms with E-state index in [0.29, 0.717) is 5.95 Å². The molecule has 3 aromatic rings. The molecule has 1 aliphatic carbocycles. The third kappa shape index (κ3) is 5.32. The number of benzene rings is 1. The van der Waals surface area contributed by atoms with E-state index >= 15 is 0 Å². The molecule has 3 heterocycles. The summed E-state index contributed by atoms with van der Waals surface area (Å²) in [7, 11) is 1.87. The van der Waals surface area contributed by atoms with Crippen LogP contribution in [0.25, 0.3) is 11.3 Å². The number of fused-ring (bicyclic) bond motifs is 1. The summed E-state index contributed by atoms with van der Waals surface area (Å²) in [4.78, 5) is 24.3. The van der Waals surface area contributed by atoms with Gasteiger partial charge in [-0.05, 0) is 70.2 Å². The number of anilines is 2. The average Bonchev–Trinajstić information content (AvgIpc) is 3.17. The molecule has 3 atom stereocenters. The van der Waals surface area contributed by atoms with E-state index in [-0.39, 0.29) is 36.4 Å². The first-order valence-corrected chi connectivity index (χ1v) is 13.3. The predicted molar refractivity (Wildman–Crippen MR) is 144 cm³/mol. The molecule has 1 fully saturated rings. The zero-order chi connectivity index (χ0) is 26.1. The van der Waals surface area contributed by atoms with Crippen molar-refractivity contribution in [1.82, 2.24) is 30.0 Å². The Morgan fingerprint density at radius 3 is 2.70 bits per heavy atom. The van der Waals surface area contributed by atoms with Gasteiger partial charge in [0.15, 0.2) is 0 Å². The fraction of sp³-hybridized carbons (Fsp3) is 0.500. The molecule has 2 N–H and O–H groups in total. The van der Waals surface area contributed by atoms with E-state index in [1.54, 1.807) is 17.1 Å². The number of aryl methyl sites for hydroxylation is 2. The summed E-state index contributed by atoms with van der Waals surface area (Å²) >= 11 is 0. The molecule has 2 aliphatic rings. The fourth-order valence-electron chi connectivity index (χ4n) is 5.61. The number of carbonyl (C=O) groups is 1. The molecular weight excluding hydrogens is 466 g/mol. The van der Waals surface area contributed by atoms with Crippen molar-refractivity contribution in [2.45, 2.75) is 83.7 Å². The van der Waals surface area contributed by atoms with Gasteiger partial charge in [0.05, 0.1) is 47.9 Å². The Labute approximate surface area is 218 Å². The third-order valence-corrected chi connectivity index (χ3v) is 7.41. The molecule has 9 nitrogen and oxygen atoms in total. The number of ether oxygens (including phenoxy) is 1. The van der Waals surface area contributed by atoms with Gasteiger partial charge in [0.2, 0.25) is 5.95 Å². The highest BCUT2D eigenvalue weighted by atomic mass is 16.5. The number of rotatable bonds is 6. The van der Waals surface area contributed by atoms with E-state index in [0.717, 1.165) is 42.6 Å². The van der Waals surface area contributed by atoms with Crippen LogP contribution < -0.4 is 10.6 Å². The lowest BCUT2D eigenvalue weighted by atomic mass is 9.91. The van der Waals surface area contributed by atoms with Gasteiger partial charge in [0.25, 0.3) is 0 Å². The Morgan fingerprint density at radius 1 is 1.16 bits per heavy atom. The van der Waals surface area contributed by atoms with Crippen LogP contribution in [-0.4, -0.2) is 55.0 Å². The fourth-order valence-corrected chi connectivity index (χ4v) is 5.61. The smallest absolute Gasteiger partial charge is 0.318 e. The zero-order valence-corrected chi connectivity index (χ0v) is 22.3. The quantitative estimate of drug-likeness (QED) is 0.460. The maximum atomic E-state index is 13.3. The summed E-state index contributed by atoms with van der Waals surface area (Å²) in [5, 5.41) is 10.7. The number of nitrogens with zero attached hydrogens (tertiary/aromatic N) is 5. The van der Waals surface area contributed by atoms with Crippen molar-refractivity contribution < 1.29 is 9.53 Å². The van der Waals surface area contributed by atoms with Crippen molar-refractivity contribution in [3.63, 3.8) is 0 Å². The van der Waals surface area contributed by atoms with Crippen LogP contribution in [-0.2, 0) is 18.2 Å². The Kier molecular flexibility index (Phi) is 7.15. The molecule has 5 rings (SSSR count). The van der Waals surface area contributed by atoms with Crippen LogP contribution >= 0.6 is 0 Å². The standard InChI is InChI=1S/C28H37N7O2/c1-17(2)37-26-18(3)35(19(26)4)28(36)33-25-9-7-6-8-20-14-21(10-11-23(20)25)24-12-13-29-27(32-24)31-22-15-30-34(5)16-22/h10-19,25-26H,6-9H2,1-5H3,(H,33,36)(H,29,31,32). The molecule has 1 aliphatic heterocycles. The van der Waals surface area contributed by atoms with Crippen LogP contribution in [0.3, 0.4) is 0 Å². The van der Waals surface area contributed by atoms with E-state index in [9.17, 15) is 4.79 Å². The lowest BCUT2D eigenvalue weighted by molar-refractivity contribution is -0.134. The lowest BCUT2D eigenvalue weighted by Gasteiger charge is -2.52. The van der Waals surface area contributed by atoms with E-state index in [2.05, 4.69) is 52.8 Å². The number of nitrogens with one attached hydrogen (secondary N) is 2. The Hall–Kier alpha value is -3.46. The first-order chi connectivity index (χ1) is 17.8. The predicted octanol–water partition coefficient (Wildman–Crippen LogP) is 4.98. The molecule has 0 bridgehead atoms. The largest absolute Gasteiger partial charge is 0.371 e. The Balaban J connectivity index is 1.32. The maximum Gasteiger partial charge on any atom is 0.318 e. The molecule has 37 heavy (non-hydrogen) atoms. The van der Waals surface area contributed by atoms with Crippen LogP contribution in [0.4, 0.5) is 16.4 Å². The first-order valence-electron chi connectivity index (χ1n) is 13.3.